The third kappa shape index (κ3) is 3.35. The van der Waals surface area contributed by atoms with Crippen molar-refractivity contribution in [3.05, 3.63) is 24.4 Å². The fraction of sp³-hybridized carbons (Fsp3) is 0.714. The molecule has 1 saturated carbocycles. The molecule has 0 spiro atoms. The zero-order valence-corrected chi connectivity index (χ0v) is 12.9. The molecule has 1 aliphatic heterocycles. The highest BCUT2D eigenvalue weighted by Gasteiger charge is 2.34. The zero-order chi connectivity index (χ0) is 14.9. The van der Waals surface area contributed by atoms with E-state index in [9.17, 15) is 8.42 Å². The van der Waals surface area contributed by atoms with Gasteiger partial charge in [-0.05, 0) is 32.1 Å². The lowest BCUT2D eigenvalue weighted by Crippen LogP contribution is -2.40. The molecule has 2 fully saturated rings. The number of hydrogen-bond donors (Lipinski definition) is 0. The number of rotatable bonds is 6. The van der Waals surface area contributed by atoms with Crippen molar-refractivity contribution >= 4 is 10.0 Å². The number of hydrogen-bond acceptors (Lipinski definition) is 5. The van der Waals surface area contributed by atoms with E-state index in [4.69, 9.17) is 4.52 Å². The Morgan fingerprint density at radius 2 is 2.14 bits per heavy atom. The fourth-order valence-electron chi connectivity index (χ4n) is 2.68. The molecule has 0 aromatic carbocycles. The highest BCUT2D eigenvalue weighted by Crippen LogP contribution is 2.39. The van der Waals surface area contributed by atoms with Crippen LogP contribution in [0.4, 0.5) is 0 Å². The van der Waals surface area contributed by atoms with E-state index in [0.29, 0.717) is 31.3 Å². The lowest BCUT2D eigenvalue weighted by molar-refractivity contribution is 0.300. The van der Waals surface area contributed by atoms with Gasteiger partial charge in [0.25, 0.3) is 0 Å². The van der Waals surface area contributed by atoms with Gasteiger partial charge in [0, 0.05) is 24.9 Å². The van der Waals surface area contributed by atoms with Crippen molar-refractivity contribution in [1.29, 1.82) is 0 Å². The molecule has 2 heterocycles. The SMILES string of the molecule is C=CCCS(=O)(=O)N1CCCC(c2noc(C3CC3)n2)C1. The van der Waals surface area contributed by atoms with E-state index in [1.54, 1.807) is 10.4 Å². The predicted molar refractivity (Wildman–Crippen MR) is 78.4 cm³/mol. The minimum Gasteiger partial charge on any atom is -0.339 e. The van der Waals surface area contributed by atoms with Crippen molar-refractivity contribution in [2.75, 3.05) is 18.8 Å². The summed E-state index contributed by atoms with van der Waals surface area (Å²) in [5.41, 5.74) is 0. The van der Waals surface area contributed by atoms with Crippen LogP contribution in [0.5, 0.6) is 0 Å². The van der Waals surface area contributed by atoms with Crippen LogP contribution in [0.3, 0.4) is 0 Å². The van der Waals surface area contributed by atoms with Crippen LogP contribution in [0.15, 0.2) is 17.2 Å². The molecule has 3 rings (SSSR count). The normalized spacial score (nSPS) is 24.1. The molecule has 1 atom stereocenters. The van der Waals surface area contributed by atoms with Crippen LogP contribution in [0.1, 0.15) is 55.7 Å². The van der Waals surface area contributed by atoms with Crippen molar-refractivity contribution in [2.45, 2.75) is 43.9 Å². The molecule has 0 radical (unpaired) electrons. The summed E-state index contributed by atoms with van der Waals surface area (Å²) < 4.78 is 31.4. The van der Waals surface area contributed by atoms with E-state index < -0.39 is 10.0 Å². The molecular weight excluding hydrogens is 290 g/mol. The van der Waals surface area contributed by atoms with Crippen molar-refractivity contribution in [1.82, 2.24) is 14.4 Å². The average molecular weight is 311 g/mol. The average Bonchev–Trinajstić information content (AvgIpc) is 3.23. The van der Waals surface area contributed by atoms with Crippen molar-refractivity contribution in [3.63, 3.8) is 0 Å². The highest BCUT2D eigenvalue weighted by atomic mass is 32.2. The number of nitrogens with zero attached hydrogens (tertiary/aromatic N) is 3. The van der Waals surface area contributed by atoms with Crippen LogP contribution < -0.4 is 0 Å². The van der Waals surface area contributed by atoms with Gasteiger partial charge in [-0.2, -0.15) is 4.98 Å². The van der Waals surface area contributed by atoms with Gasteiger partial charge in [0.15, 0.2) is 5.82 Å². The van der Waals surface area contributed by atoms with Gasteiger partial charge in [-0.3, -0.25) is 0 Å². The maximum atomic E-state index is 12.3. The van der Waals surface area contributed by atoms with E-state index in [-0.39, 0.29) is 11.7 Å². The third-order valence-corrected chi connectivity index (χ3v) is 5.98. The quantitative estimate of drug-likeness (QED) is 0.751. The second-order valence-corrected chi connectivity index (χ2v) is 7.94. The Morgan fingerprint density at radius 3 is 2.86 bits per heavy atom. The molecule has 116 valence electrons. The van der Waals surface area contributed by atoms with Gasteiger partial charge in [0.05, 0.1) is 5.75 Å². The van der Waals surface area contributed by atoms with Gasteiger partial charge in [0.1, 0.15) is 0 Å². The van der Waals surface area contributed by atoms with E-state index in [1.165, 1.54) is 0 Å². The molecule has 0 bridgehead atoms. The van der Waals surface area contributed by atoms with Crippen LogP contribution >= 0.6 is 0 Å². The summed E-state index contributed by atoms with van der Waals surface area (Å²) in [6, 6.07) is 0. The van der Waals surface area contributed by atoms with Gasteiger partial charge >= 0.3 is 0 Å². The Morgan fingerprint density at radius 1 is 1.33 bits per heavy atom. The molecule has 0 amide bonds. The second kappa shape index (κ2) is 5.88. The third-order valence-electron chi connectivity index (χ3n) is 4.11. The van der Waals surface area contributed by atoms with E-state index in [0.717, 1.165) is 31.6 Å². The molecule has 1 unspecified atom stereocenters. The van der Waals surface area contributed by atoms with Gasteiger partial charge < -0.3 is 4.52 Å². The van der Waals surface area contributed by atoms with Crippen LogP contribution in [0.2, 0.25) is 0 Å². The molecule has 7 heteroatoms. The minimum absolute atomic E-state index is 0.0495. The zero-order valence-electron chi connectivity index (χ0n) is 12.1. The van der Waals surface area contributed by atoms with Gasteiger partial charge in [-0.1, -0.05) is 11.2 Å². The van der Waals surface area contributed by atoms with Gasteiger partial charge in [-0.25, -0.2) is 12.7 Å². The predicted octanol–water partition coefficient (Wildman–Crippen LogP) is 2.03. The van der Waals surface area contributed by atoms with Gasteiger partial charge in [0.2, 0.25) is 15.9 Å². The molecule has 21 heavy (non-hydrogen) atoms. The summed E-state index contributed by atoms with van der Waals surface area (Å²) in [6.07, 6.45) is 6.11. The summed E-state index contributed by atoms with van der Waals surface area (Å²) in [5.74, 6) is 2.00. The number of sulfonamides is 1. The summed E-state index contributed by atoms with van der Waals surface area (Å²) in [7, 11) is -3.21. The molecule has 2 aliphatic rings. The fourth-order valence-corrected chi connectivity index (χ4v) is 4.21. The van der Waals surface area contributed by atoms with Gasteiger partial charge in [-0.15, -0.1) is 6.58 Å². The first-order chi connectivity index (χ1) is 10.1. The molecule has 1 aromatic rings. The van der Waals surface area contributed by atoms with E-state index in [1.807, 2.05) is 0 Å². The summed E-state index contributed by atoms with van der Waals surface area (Å²) in [4.78, 5) is 4.46. The maximum Gasteiger partial charge on any atom is 0.229 e. The van der Waals surface area contributed by atoms with Crippen LogP contribution in [-0.2, 0) is 10.0 Å². The second-order valence-electron chi connectivity index (χ2n) is 5.86. The van der Waals surface area contributed by atoms with Crippen LogP contribution in [-0.4, -0.2) is 41.7 Å². The lowest BCUT2D eigenvalue weighted by Gasteiger charge is -2.30. The van der Waals surface area contributed by atoms with Crippen LogP contribution in [0, 0.1) is 0 Å². The Labute approximate surface area is 125 Å². The van der Waals surface area contributed by atoms with Crippen LogP contribution in [0.25, 0.3) is 0 Å². The number of aromatic nitrogens is 2. The molecule has 1 aliphatic carbocycles. The Hall–Kier alpha value is -1.21. The highest BCUT2D eigenvalue weighted by molar-refractivity contribution is 7.89. The molecular formula is C14H21N3O3S. The largest absolute Gasteiger partial charge is 0.339 e. The summed E-state index contributed by atoms with van der Waals surface area (Å²) in [5, 5.41) is 4.06. The topological polar surface area (TPSA) is 76.3 Å². The van der Waals surface area contributed by atoms with E-state index in [2.05, 4.69) is 16.7 Å². The molecule has 0 N–H and O–H groups in total. The minimum atomic E-state index is -3.21. The van der Waals surface area contributed by atoms with E-state index >= 15 is 0 Å². The first-order valence-electron chi connectivity index (χ1n) is 7.52. The van der Waals surface area contributed by atoms with Crippen molar-refractivity contribution < 1.29 is 12.9 Å². The first kappa shape index (κ1) is 14.7. The molecule has 6 nitrogen and oxygen atoms in total. The Kier molecular flexibility index (Phi) is 4.12. The monoisotopic (exact) mass is 311 g/mol. The lowest BCUT2D eigenvalue weighted by atomic mass is 9.99. The number of piperidine rings is 1. The number of allylic oxidation sites excluding steroid dienone is 1. The Bertz CT molecular complexity index is 607. The standard InChI is InChI=1S/C14H21N3O3S/c1-2-3-9-21(18,19)17-8-4-5-12(10-17)13-15-14(20-16-13)11-6-7-11/h2,11-12H,1,3-10H2. The molecule has 1 saturated heterocycles. The van der Waals surface area contributed by atoms with Crippen molar-refractivity contribution in [3.8, 4) is 0 Å². The molecule has 1 aromatic heterocycles. The Balaban J connectivity index is 1.68. The smallest absolute Gasteiger partial charge is 0.229 e. The first-order valence-corrected chi connectivity index (χ1v) is 9.13. The maximum absolute atomic E-state index is 12.3. The summed E-state index contributed by atoms with van der Waals surface area (Å²) in [6.45, 7) is 4.63. The van der Waals surface area contributed by atoms with Crippen molar-refractivity contribution in [2.24, 2.45) is 0 Å². The summed E-state index contributed by atoms with van der Waals surface area (Å²) >= 11 is 0.